The van der Waals surface area contributed by atoms with Crippen molar-refractivity contribution in [2.24, 2.45) is 16.5 Å². The minimum absolute atomic E-state index is 0.0608. The van der Waals surface area contributed by atoms with E-state index in [1.54, 1.807) is 6.07 Å². The van der Waals surface area contributed by atoms with Gasteiger partial charge in [-0.05, 0) is 0 Å². The summed E-state index contributed by atoms with van der Waals surface area (Å²) >= 11 is -1.83. The van der Waals surface area contributed by atoms with Gasteiger partial charge in [-0.3, -0.25) is 0 Å². The molecule has 1 aromatic rings. The third-order valence-electron chi connectivity index (χ3n) is 1.48. The van der Waals surface area contributed by atoms with E-state index >= 15 is 0 Å². The molecule has 68 valence electrons. The molecular weight excluding hydrogens is 276 g/mol. The first-order valence-electron chi connectivity index (χ1n) is 3.73. The standard InChI is InChI=1S/C8H10N3.FH.Sn/c9-8(10)11-6-7-4-2-1-3-5-7;;/h1-2,4-5H,6H2,(H4,9,10,11);1H;/q;;+1/p-1. The fourth-order valence-corrected chi connectivity index (χ4v) is 2.05. The summed E-state index contributed by atoms with van der Waals surface area (Å²) in [6.45, 7) is 0.426. The Morgan fingerprint density at radius 1 is 1.46 bits per heavy atom. The minimum atomic E-state index is -1.83. The topological polar surface area (TPSA) is 64.4 Å². The monoisotopic (exact) mass is 287 g/mol. The number of hydrogen-bond donors (Lipinski definition) is 2. The summed E-state index contributed by atoms with van der Waals surface area (Å²) in [5.41, 5.74) is 11.3. The molecule has 5 heteroatoms. The Balaban J connectivity index is 2.72. The van der Waals surface area contributed by atoms with Crippen molar-refractivity contribution in [3.63, 3.8) is 0 Å². The van der Waals surface area contributed by atoms with Crippen LogP contribution in [0, 0.1) is 0 Å². The second kappa shape index (κ2) is 5.06. The number of guanidine groups is 1. The van der Waals surface area contributed by atoms with Gasteiger partial charge in [0.2, 0.25) is 0 Å². The maximum absolute atomic E-state index is 12.4. The zero-order chi connectivity index (χ0) is 9.68. The van der Waals surface area contributed by atoms with Gasteiger partial charge in [-0.2, -0.15) is 0 Å². The third-order valence-corrected chi connectivity index (χ3v) is 2.99. The van der Waals surface area contributed by atoms with Crippen LogP contribution in [0.1, 0.15) is 5.56 Å². The molecule has 0 saturated carbocycles. The predicted molar refractivity (Wildman–Crippen MR) is 52.5 cm³/mol. The van der Waals surface area contributed by atoms with Crippen molar-refractivity contribution in [3.05, 3.63) is 29.8 Å². The number of aliphatic imine (C=N–C) groups is 1. The molecule has 2 radical (unpaired) electrons. The summed E-state index contributed by atoms with van der Waals surface area (Å²) in [5, 5.41) is 0. The SMILES string of the molecule is NC(N)=NCc1ccc[c]([Sn][F])c1. The summed E-state index contributed by atoms with van der Waals surface area (Å²) in [6, 6.07) is 7.32. The Morgan fingerprint density at radius 3 is 2.85 bits per heavy atom. The zero-order valence-electron chi connectivity index (χ0n) is 7.00. The van der Waals surface area contributed by atoms with Crippen LogP contribution in [0.2, 0.25) is 0 Å². The number of benzene rings is 1. The zero-order valence-corrected chi connectivity index (χ0v) is 9.85. The van der Waals surface area contributed by atoms with E-state index in [1.165, 1.54) is 0 Å². The van der Waals surface area contributed by atoms with Crippen LogP contribution in [-0.2, 0) is 6.54 Å². The van der Waals surface area contributed by atoms with E-state index in [0.29, 0.717) is 6.54 Å². The van der Waals surface area contributed by atoms with Crippen molar-refractivity contribution in [1.82, 2.24) is 0 Å². The number of nitrogens with two attached hydrogens (primary N) is 2. The molecule has 0 aliphatic carbocycles. The summed E-state index contributed by atoms with van der Waals surface area (Å²) < 4.78 is 13.2. The van der Waals surface area contributed by atoms with Gasteiger partial charge in [-0.25, -0.2) is 0 Å². The van der Waals surface area contributed by atoms with Crippen LogP contribution in [0.4, 0.5) is 2.87 Å². The Hall–Kier alpha value is -0.781. The van der Waals surface area contributed by atoms with Gasteiger partial charge in [0.05, 0.1) is 0 Å². The quantitative estimate of drug-likeness (QED) is 0.454. The maximum atomic E-state index is 12.4. The second-order valence-corrected chi connectivity index (χ2v) is 4.72. The van der Waals surface area contributed by atoms with Crippen LogP contribution in [0.15, 0.2) is 29.3 Å². The molecule has 0 fully saturated rings. The normalized spacial score (nSPS) is 9.62. The third kappa shape index (κ3) is 3.62. The molecule has 0 saturated heterocycles. The summed E-state index contributed by atoms with van der Waals surface area (Å²) in [5.74, 6) is 0.0608. The van der Waals surface area contributed by atoms with Crippen molar-refractivity contribution in [1.29, 1.82) is 0 Å². The molecule has 1 rings (SSSR count). The molecule has 1 aromatic carbocycles. The van der Waals surface area contributed by atoms with Gasteiger partial charge in [0.15, 0.2) is 0 Å². The van der Waals surface area contributed by atoms with Gasteiger partial charge in [0, 0.05) is 0 Å². The number of rotatable bonds is 3. The molecule has 3 nitrogen and oxygen atoms in total. The van der Waals surface area contributed by atoms with E-state index in [0.717, 1.165) is 9.14 Å². The molecule has 0 spiro atoms. The van der Waals surface area contributed by atoms with E-state index in [4.69, 9.17) is 11.5 Å². The van der Waals surface area contributed by atoms with Gasteiger partial charge in [-0.15, -0.1) is 0 Å². The molecule has 0 unspecified atom stereocenters. The molecule has 0 aliphatic rings. The van der Waals surface area contributed by atoms with E-state index < -0.39 is 21.7 Å². The molecule has 13 heavy (non-hydrogen) atoms. The van der Waals surface area contributed by atoms with E-state index in [2.05, 4.69) is 4.99 Å². The molecule has 0 bridgehead atoms. The van der Waals surface area contributed by atoms with Gasteiger partial charge in [-0.1, -0.05) is 0 Å². The molecule has 0 aliphatic heterocycles. The molecule has 0 amide bonds. The van der Waals surface area contributed by atoms with Crippen LogP contribution in [0.25, 0.3) is 0 Å². The molecule has 0 heterocycles. The summed E-state index contributed by atoms with van der Waals surface area (Å²) in [4.78, 5) is 3.84. The van der Waals surface area contributed by atoms with Crippen molar-refractivity contribution < 1.29 is 2.87 Å². The predicted octanol–water partition coefficient (Wildman–Crippen LogP) is -0.326. The average Bonchev–Trinajstić information content (AvgIpc) is 2.15. The Kier molecular flexibility index (Phi) is 4.01. The number of halogens is 1. The van der Waals surface area contributed by atoms with Crippen LogP contribution in [0.5, 0.6) is 0 Å². The van der Waals surface area contributed by atoms with Crippen LogP contribution >= 0.6 is 0 Å². The molecule has 0 aromatic heterocycles. The first-order valence-corrected chi connectivity index (χ1v) is 6.24. The van der Waals surface area contributed by atoms with E-state index in [9.17, 15) is 2.87 Å². The van der Waals surface area contributed by atoms with Crippen LogP contribution in [-0.4, -0.2) is 27.7 Å². The summed E-state index contributed by atoms with van der Waals surface area (Å²) in [6.07, 6.45) is 0. The van der Waals surface area contributed by atoms with E-state index in [-0.39, 0.29) is 5.96 Å². The fraction of sp³-hybridized carbons (Fsp3) is 0.125. The average molecular weight is 286 g/mol. The Bertz CT molecular complexity index is 310. The van der Waals surface area contributed by atoms with Crippen LogP contribution in [0.3, 0.4) is 0 Å². The molecular formula is C8H10FN3Sn. The van der Waals surface area contributed by atoms with Crippen molar-refractivity contribution in [2.75, 3.05) is 0 Å². The van der Waals surface area contributed by atoms with E-state index in [1.807, 2.05) is 18.2 Å². The Morgan fingerprint density at radius 2 is 2.23 bits per heavy atom. The van der Waals surface area contributed by atoms with Gasteiger partial charge in [0.1, 0.15) is 0 Å². The first-order chi connectivity index (χ1) is 6.22. The number of nitrogens with zero attached hydrogens (tertiary/aromatic N) is 1. The van der Waals surface area contributed by atoms with Crippen molar-refractivity contribution in [3.8, 4) is 0 Å². The summed E-state index contributed by atoms with van der Waals surface area (Å²) in [7, 11) is 0. The molecule has 0 atom stereocenters. The fourth-order valence-electron chi connectivity index (χ4n) is 0.911. The van der Waals surface area contributed by atoms with Gasteiger partial charge < -0.3 is 0 Å². The van der Waals surface area contributed by atoms with Crippen LogP contribution < -0.4 is 15.0 Å². The van der Waals surface area contributed by atoms with Crippen molar-refractivity contribution >= 4 is 31.3 Å². The molecule has 4 N–H and O–H groups in total. The van der Waals surface area contributed by atoms with Crippen molar-refractivity contribution in [2.45, 2.75) is 6.54 Å². The van der Waals surface area contributed by atoms with Gasteiger partial charge in [0.25, 0.3) is 0 Å². The Labute approximate surface area is 87.0 Å². The van der Waals surface area contributed by atoms with Gasteiger partial charge >= 0.3 is 87.0 Å². The number of hydrogen-bond acceptors (Lipinski definition) is 1. The first kappa shape index (κ1) is 10.3. The second-order valence-electron chi connectivity index (χ2n) is 2.54.